The van der Waals surface area contributed by atoms with Crippen LogP contribution in [0.25, 0.3) is 0 Å². The van der Waals surface area contributed by atoms with Crippen molar-refractivity contribution in [1.82, 2.24) is 9.19 Å². The van der Waals surface area contributed by atoms with Crippen molar-refractivity contribution in [2.45, 2.75) is 0 Å². The van der Waals surface area contributed by atoms with Crippen LogP contribution in [0.1, 0.15) is 5.69 Å². The number of methoxy groups -OCH3 is 1. The van der Waals surface area contributed by atoms with E-state index in [0.717, 1.165) is 4.09 Å². The fraction of sp³-hybridized carbons (Fsp3) is 0.200. The molecule has 0 unspecified atom stereocenters. The third kappa shape index (κ3) is 1.43. The molecule has 0 saturated carbocycles. The average Bonchev–Trinajstić information content (AvgIpc) is 2.46. The lowest BCUT2D eigenvalue weighted by Gasteiger charge is -1.89. The van der Waals surface area contributed by atoms with Gasteiger partial charge in [-0.05, 0) is 0 Å². The van der Waals surface area contributed by atoms with Gasteiger partial charge < -0.3 is 4.74 Å². The molecular weight excluding hydrogens is 169 g/mol. The molecule has 0 radical (unpaired) electrons. The Morgan fingerprint density at radius 3 is 3.00 bits per heavy atom. The molecule has 6 heteroatoms. The van der Waals surface area contributed by atoms with Crippen LogP contribution in [0.5, 0.6) is 5.75 Å². The zero-order valence-corrected chi connectivity index (χ0v) is 6.43. The quantitative estimate of drug-likeness (QED) is 0.673. The molecule has 0 aliphatic rings. The van der Waals surface area contributed by atoms with E-state index >= 15 is 0 Å². The molecule has 11 heavy (non-hydrogen) atoms. The maximum Gasteiger partial charge on any atom is 0.205 e. The van der Waals surface area contributed by atoms with Crippen molar-refractivity contribution in [3.8, 4) is 11.8 Å². The number of rotatable bonds is 2. The van der Waals surface area contributed by atoms with Crippen LogP contribution in [0.4, 0.5) is 3.89 Å². The van der Waals surface area contributed by atoms with Gasteiger partial charge in [-0.25, -0.2) is 0 Å². The first-order valence-corrected chi connectivity index (χ1v) is 3.32. The van der Waals surface area contributed by atoms with Crippen molar-refractivity contribution in [2.75, 3.05) is 7.11 Å². The topological polar surface area (TPSA) is 50.8 Å². The number of hydrogen-bond donors (Lipinski definition) is 0. The van der Waals surface area contributed by atoms with Gasteiger partial charge >= 0.3 is 0 Å². The van der Waals surface area contributed by atoms with Crippen LogP contribution in [-0.4, -0.2) is 16.3 Å². The number of halogens is 1. The van der Waals surface area contributed by atoms with Crippen LogP contribution in [-0.2, 0) is 0 Å². The molecule has 58 valence electrons. The second-order valence-electron chi connectivity index (χ2n) is 1.63. The summed E-state index contributed by atoms with van der Waals surface area (Å²) in [7, 11) is 1.39. The van der Waals surface area contributed by atoms with Crippen molar-refractivity contribution < 1.29 is 8.62 Å². The lowest BCUT2D eigenvalue weighted by atomic mass is 10.4. The number of ether oxygens (including phenoxy) is 1. The number of aromatic nitrogens is 2. The molecule has 1 rings (SSSR count). The molecule has 4 nitrogen and oxygen atoms in total. The lowest BCUT2D eigenvalue weighted by Crippen LogP contribution is -1.83. The number of nitrogens with zero attached hydrogens (tertiary/aromatic N) is 3. The summed E-state index contributed by atoms with van der Waals surface area (Å²) in [5, 5.41) is 12.0. The Kier molecular flexibility index (Phi) is 2.33. The van der Waals surface area contributed by atoms with E-state index in [1.807, 2.05) is 0 Å². The molecule has 0 atom stereocenters. The Labute approximate surface area is 67.0 Å². The molecule has 1 aromatic rings. The van der Waals surface area contributed by atoms with Gasteiger partial charge in [-0.15, -0.1) is 8.98 Å². The maximum atomic E-state index is 11.8. The molecule has 0 spiro atoms. The maximum absolute atomic E-state index is 11.8. The molecule has 0 bridgehead atoms. The Balaban J connectivity index is 3.05. The minimum Gasteiger partial charge on any atom is -0.492 e. The predicted octanol–water partition coefficient (Wildman–Crippen LogP) is 1.14. The van der Waals surface area contributed by atoms with Crippen LogP contribution in [0.15, 0.2) is 6.20 Å². The van der Waals surface area contributed by atoms with E-state index in [1.54, 1.807) is 6.07 Å². The summed E-state index contributed by atoms with van der Waals surface area (Å²) < 4.78 is 17.5. The van der Waals surface area contributed by atoms with Gasteiger partial charge in [0.15, 0.2) is 18.1 Å². The SMILES string of the molecule is COc1cn(SF)nc1C#N. The van der Waals surface area contributed by atoms with Gasteiger partial charge in [0.2, 0.25) is 5.69 Å². The summed E-state index contributed by atoms with van der Waals surface area (Å²) in [6, 6.07) is 1.76. The fourth-order valence-electron chi connectivity index (χ4n) is 0.600. The fourth-order valence-corrected chi connectivity index (χ4v) is 0.848. The van der Waals surface area contributed by atoms with Crippen molar-refractivity contribution in [1.29, 1.82) is 5.26 Å². The molecule has 0 aliphatic heterocycles. The Morgan fingerprint density at radius 1 is 1.91 bits per heavy atom. The molecule has 0 fully saturated rings. The summed E-state index contributed by atoms with van der Waals surface area (Å²) in [5.74, 6) is 0.276. The second-order valence-corrected chi connectivity index (χ2v) is 2.14. The van der Waals surface area contributed by atoms with Gasteiger partial charge in [0.05, 0.1) is 13.3 Å². The van der Waals surface area contributed by atoms with Crippen LogP contribution in [0.2, 0.25) is 0 Å². The van der Waals surface area contributed by atoms with Crippen LogP contribution >= 0.6 is 12.3 Å². The number of nitriles is 1. The Hall–Kier alpha value is -1.22. The minimum atomic E-state index is -0.0910. The van der Waals surface area contributed by atoms with Gasteiger partial charge in [-0.3, -0.25) is 0 Å². The zero-order chi connectivity index (χ0) is 8.27. The minimum absolute atomic E-state index is 0.0812. The third-order valence-corrected chi connectivity index (χ3v) is 1.38. The van der Waals surface area contributed by atoms with Crippen LogP contribution < -0.4 is 4.74 Å². The summed E-state index contributed by atoms with van der Waals surface area (Å²) in [6.45, 7) is 0. The van der Waals surface area contributed by atoms with Crippen molar-refractivity contribution >= 4 is 12.3 Å². The third-order valence-electron chi connectivity index (χ3n) is 1.06. The van der Waals surface area contributed by atoms with Gasteiger partial charge in [0.1, 0.15) is 6.07 Å². The van der Waals surface area contributed by atoms with E-state index in [2.05, 4.69) is 5.10 Å². The molecule has 0 saturated heterocycles. The highest BCUT2D eigenvalue weighted by molar-refractivity contribution is 7.92. The molecule has 1 aromatic heterocycles. The van der Waals surface area contributed by atoms with Crippen molar-refractivity contribution in [3.63, 3.8) is 0 Å². The number of hydrogen-bond acceptors (Lipinski definition) is 4. The highest BCUT2D eigenvalue weighted by Crippen LogP contribution is 2.18. The van der Waals surface area contributed by atoms with E-state index in [1.165, 1.54) is 13.3 Å². The summed E-state index contributed by atoms with van der Waals surface area (Å²) >= 11 is -0.0910. The molecular formula is C5H4FN3OS. The first-order valence-electron chi connectivity index (χ1n) is 2.64. The lowest BCUT2D eigenvalue weighted by molar-refractivity contribution is 0.413. The van der Waals surface area contributed by atoms with Crippen molar-refractivity contribution in [2.24, 2.45) is 0 Å². The van der Waals surface area contributed by atoms with E-state index < -0.39 is 0 Å². The van der Waals surface area contributed by atoms with Gasteiger partial charge in [-0.2, -0.15) is 9.35 Å². The van der Waals surface area contributed by atoms with Crippen molar-refractivity contribution in [3.05, 3.63) is 11.9 Å². The first-order chi connectivity index (χ1) is 5.31. The van der Waals surface area contributed by atoms with Crippen LogP contribution in [0, 0.1) is 11.3 Å². The van der Waals surface area contributed by atoms with E-state index in [-0.39, 0.29) is 23.8 Å². The summed E-state index contributed by atoms with van der Waals surface area (Å²) in [5.41, 5.74) is 0.0812. The highest BCUT2D eigenvalue weighted by atomic mass is 32.2. The normalized spacial score (nSPS) is 9.18. The van der Waals surface area contributed by atoms with E-state index in [0.29, 0.717) is 0 Å². The second kappa shape index (κ2) is 3.25. The molecule has 0 aliphatic carbocycles. The standard InChI is InChI=1S/C5H4FN3OS/c1-10-5-3-9(11-6)8-4(5)2-7/h3H,1H3. The van der Waals surface area contributed by atoms with Crippen LogP contribution in [0.3, 0.4) is 0 Å². The Morgan fingerprint density at radius 2 is 2.64 bits per heavy atom. The first kappa shape index (κ1) is 7.88. The molecule has 0 aromatic carbocycles. The molecule has 1 heterocycles. The van der Waals surface area contributed by atoms with E-state index in [4.69, 9.17) is 10.00 Å². The summed E-state index contributed by atoms with van der Waals surface area (Å²) in [4.78, 5) is 0. The monoisotopic (exact) mass is 173 g/mol. The van der Waals surface area contributed by atoms with Gasteiger partial charge in [-0.1, -0.05) is 0 Å². The zero-order valence-electron chi connectivity index (χ0n) is 5.61. The van der Waals surface area contributed by atoms with Gasteiger partial charge in [0.25, 0.3) is 0 Å². The molecule has 0 amide bonds. The van der Waals surface area contributed by atoms with E-state index in [9.17, 15) is 3.89 Å². The largest absolute Gasteiger partial charge is 0.492 e. The predicted molar refractivity (Wildman–Crippen MR) is 37.6 cm³/mol. The highest BCUT2D eigenvalue weighted by Gasteiger charge is 2.07. The molecule has 0 N–H and O–H groups in total. The average molecular weight is 173 g/mol. The van der Waals surface area contributed by atoms with Gasteiger partial charge in [0, 0.05) is 0 Å². The smallest absolute Gasteiger partial charge is 0.205 e. The summed E-state index contributed by atoms with van der Waals surface area (Å²) in [6.07, 6.45) is 1.29. The Bertz CT molecular complexity index is 292.